The number of sulfone groups is 1. The number of rotatable bonds is 5. The third kappa shape index (κ3) is 4.54. The maximum atomic E-state index is 12.2. The molecule has 2 atom stereocenters. The summed E-state index contributed by atoms with van der Waals surface area (Å²) in [7, 11) is -3.09. The Labute approximate surface area is 157 Å². The lowest BCUT2D eigenvalue weighted by atomic mass is 10.2. The Bertz CT molecular complexity index is 950. The fourth-order valence-corrected chi connectivity index (χ4v) is 4.56. The second-order valence-electron chi connectivity index (χ2n) is 6.59. The minimum absolute atomic E-state index is 0.0637. The van der Waals surface area contributed by atoms with Gasteiger partial charge in [-0.2, -0.15) is 5.10 Å². The molecule has 0 unspecified atom stereocenters. The van der Waals surface area contributed by atoms with Crippen LogP contribution >= 0.6 is 0 Å². The molecule has 1 aromatic heterocycles. The van der Waals surface area contributed by atoms with Crippen LogP contribution in [0.1, 0.15) is 29.4 Å². The van der Waals surface area contributed by atoms with Crippen molar-refractivity contribution >= 4 is 21.7 Å². The highest BCUT2D eigenvalue weighted by atomic mass is 32.2. The topological polar surface area (TPSA) is 107 Å². The van der Waals surface area contributed by atoms with Crippen molar-refractivity contribution in [3.8, 4) is 5.69 Å². The van der Waals surface area contributed by atoms with Crippen LogP contribution in [0.3, 0.4) is 0 Å². The van der Waals surface area contributed by atoms with E-state index < -0.39 is 33.9 Å². The summed E-state index contributed by atoms with van der Waals surface area (Å²) in [5, 5.41) is 6.81. The summed E-state index contributed by atoms with van der Waals surface area (Å²) >= 11 is 0. The number of carbonyl (C=O) groups is 2. The molecule has 1 N–H and O–H groups in total. The molecule has 9 heteroatoms. The zero-order chi connectivity index (χ0) is 19.6. The van der Waals surface area contributed by atoms with E-state index in [2.05, 4.69) is 10.4 Å². The van der Waals surface area contributed by atoms with Crippen LogP contribution in [0.2, 0.25) is 0 Å². The van der Waals surface area contributed by atoms with E-state index in [1.165, 1.54) is 6.92 Å². The minimum Gasteiger partial charge on any atom is -0.449 e. The highest BCUT2D eigenvalue weighted by Gasteiger charge is 2.30. The number of hydrogen-bond acceptors (Lipinski definition) is 6. The van der Waals surface area contributed by atoms with Gasteiger partial charge in [-0.15, -0.1) is 0 Å². The number of nitrogens with zero attached hydrogens (tertiary/aromatic N) is 2. The highest BCUT2D eigenvalue weighted by molar-refractivity contribution is 7.91. The summed E-state index contributed by atoms with van der Waals surface area (Å²) in [6.07, 6.45) is 1.05. The van der Waals surface area contributed by atoms with Gasteiger partial charge in [0.2, 0.25) is 0 Å². The van der Waals surface area contributed by atoms with Gasteiger partial charge in [-0.25, -0.2) is 17.9 Å². The average molecular weight is 391 g/mol. The number of nitrogens with one attached hydrogen (secondary N) is 1. The molecular weight excluding hydrogens is 370 g/mol. The fourth-order valence-electron chi connectivity index (χ4n) is 2.89. The molecule has 2 aromatic rings. The largest absolute Gasteiger partial charge is 0.449 e. The quantitative estimate of drug-likeness (QED) is 0.763. The van der Waals surface area contributed by atoms with Gasteiger partial charge in [0, 0.05) is 17.9 Å². The van der Waals surface area contributed by atoms with Crippen LogP contribution in [0.15, 0.2) is 36.5 Å². The number of hydrogen-bond donors (Lipinski definition) is 1. The lowest BCUT2D eigenvalue weighted by Crippen LogP contribution is -2.42. The van der Waals surface area contributed by atoms with Gasteiger partial charge in [0.15, 0.2) is 15.9 Å². The molecule has 0 radical (unpaired) electrons. The Morgan fingerprint density at radius 3 is 2.52 bits per heavy atom. The van der Waals surface area contributed by atoms with Crippen LogP contribution < -0.4 is 5.32 Å². The van der Waals surface area contributed by atoms with Crippen LogP contribution in [-0.2, 0) is 19.4 Å². The van der Waals surface area contributed by atoms with E-state index in [9.17, 15) is 18.0 Å². The Morgan fingerprint density at radius 2 is 1.96 bits per heavy atom. The molecule has 27 heavy (non-hydrogen) atoms. The van der Waals surface area contributed by atoms with E-state index in [1.54, 1.807) is 35.1 Å². The molecule has 0 saturated carbocycles. The van der Waals surface area contributed by atoms with E-state index in [0.29, 0.717) is 12.0 Å². The normalized spacial score (nSPS) is 19.4. The number of carbonyl (C=O) groups excluding carboxylic acids is 2. The van der Waals surface area contributed by atoms with E-state index in [-0.39, 0.29) is 11.5 Å². The summed E-state index contributed by atoms with van der Waals surface area (Å²) in [5.74, 6) is -1.14. The fraction of sp³-hybridized carbons (Fsp3) is 0.389. The Morgan fingerprint density at radius 1 is 1.26 bits per heavy atom. The first-order chi connectivity index (χ1) is 12.7. The summed E-state index contributed by atoms with van der Waals surface area (Å²) in [6, 6.07) is 8.13. The van der Waals surface area contributed by atoms with Gasteiger partial charge >= 0.3 is 5.97 Å². The zero-order valence-electron chi connectivity index (χ0n) is 15.1. The van der Waals surface area contributed by atoms with Crippen molar-refractivity contribution in [1.29, 1.82) is 0 Å². The van der Waals surface area contributed by atoms with Gasteiger partial charge in [0.05, 0.1) is 22.8 Å². The van der Waals surface area contributed by atoms with E-state index >= 15 is 0 Å². The summed E-state index contributed by atoms with van der Waals surface area (Å²) in [6.45, 7) is 3.38. The molecule has 2 heterocycles. The molecule has 0 aliphatic carbocycles. The smallest absolute Gasteiger partial charge is 0.338 e. The standard InChI is InChI=1S/C18H21N3O5S/c1-12-7-9-19-21(12)16-5-3-14(4-6-16)18(23)26-13(2)17(22)20-15-8-10-27(24,25)11-15/h3-7,9,13,15H,8,10-11H2,1-2H3,(H,20,22)/t13-,15+/m1/s1. The van der Waals surface area contributed by atoms with Gasteiger partial charge in [-0.1, -0.05) is 0 Å². The molecular formula is C18H21N3O5S. The SMILES string of the molecule is Cc1ccnn1-c1ccc(C(=O)O[C@H](C)C(=O)N[C@H]2CCS(=O)(=O)C2)cc1. The van der Waals surface area contributed by atoms with Crippen molar-refractivity contribution in [1.82, 2.24) is 15.1 Å². The van der Waals surface area contributed by atoms with Crippen molar-refractivity contribution < 1.29 is 22.7 Å². The molecule has 1 fully saturated rings. The number of benzene rings is 1. The zero-order valence-corrected chi connectivity index (χ0v) is 15.9. The molecule has 1 amide bonds. The van der Waals surface area contributed by atoms with Crippen LogP contribution in [0, 0.1) is 6.92 Å². The molecule has 8 nitrogen and oxygen atoms in total. The Balaban J connectivity index is 1.58. The molecule has 1 saturated heterocycles. The number of aryl methyl sites for hydroxylation is 1. The second-order valence-corrected chi connectivity index (χ2v) is 8.82. The predicted octanol–water partition coefficient (Wildman–Crippen LogP) is 1.03. The molecule has 0 bridgehead atoms. The molecule has 1 aliphatic heterocycles. The van der Waals surface area contributed by atoms with E-state index in [1.807, 2.05) is 13.0 Å². The first-order valence-electron chi connectivity index (χ1n) is 8.58. The highest BCUT2D eigenvalue weighted by Crippen LogP contribution is 2.14. The van der Waals surface area contributed by atoms with Gasteiger partial charge in [-0.3, -0.25) is 4.79 Å². The number of amides is 1. The average Bonchev–Trinajstić information content (AvgIpc) is 3.19. The molecule has 1 aliphatic rings. The lowest BCUT2D eigenvalue weighted by molar-refractivity contribution is -0.129. The number of esters is 1. The van der Waals surface area contributed by atoms with Crippen LogP contribution in [-0.4, -0.2) is 53.7 Å². The second kappa shape index (κ2) is 7.51. The minimum atomic E-state index is -3.09. The van der Waals surface area contributed by atoms with Crippen molar-refractivity contribution in [2.45, 2.75) is 32.4 Å². The van der Waals surface area contributed by atoms with Gasteiger partial charge in [0.1, 0.15) is 0 Å². The monoisotopic (exact) mass is 391 g/mol. The van der Waals surface area contributed by atoms with Crippen molar-refractivity contribution in [2.75, 3.05) is 11.5 Å². The number of ether oxygens (including phenoxy) is 1. The Hall–Kier alpha value is -2.68. The van der Waals surface area contributed by atoms with Crippen molar-refractivity contribution in [2.24, 2.45) is 0 Å². The maximum Gasteiger partial charge on any atom is 0.338 e. The summed E-state index contributed by atoms with van der Waals surface area (Å²) in [4.78, 5) is 24.4. The maximum absolute atomic E-state index is 12.2. The number of aromatic nitrogens is 2. The van der Waals surface area contributed by atoms with Crippen molar-refractivity contribution in [3.63, 3.8) is 0 Å². The molecule has 144 valence electrons. The Kier molecular flexibility index (Phi) is 5.31. The van der Waals surface area contributed by atoms with E-state index in [0.717, 1.165) is 11.4 Å². The van der Waals surface area contributed by atoms with Crippen LogP contribution in [0.5, 0.6) is 0 Å². The van der Waals surface area contributed by atoms with Crippen LogP contribution in [0.4, 0.5) is 0 Å². The molecule has 3 rings (SSSR count). The molecule has 0 spiro atoms. The first-order valence-corrected chi connectivity index (χ1v) is 10.4. The van der Waals surface area contributed by atoms with Gasteiger partial charge in [0.25, 0.3) is 5.91 Å². The predicted molar refractivity (Wildman–Crippen MR) is 98.4 cm³/mol. The van der Waals surface area contributed by atoms with E-state index in [4.69, 9.17) is 4.74 Å². The summed E-state index contributed by atoms with van der Waals surface area (Å²) in [5.41, 5.74) is 2.08. The van der Waals surface area contributed by atoms with Crippen molar-refractivity contribution in [3.05, 3.63) is 47.8 Å². The third-order valence-electron chi connectivity index (χ3n) is 4.41. The summed E-state index contributed by atoms with van der Waals surface area (Å²) < 4.78 is 29.8. The molecule has 1 aromatic carbocycles. The lowest BCUT2D eigenvalue weighted by Gasteiger charge is -2.16. The first kappa shape index (κ1) is 19.1. The van der Waals surface area contributed by atoms with Gasteiger partial charge < -0.3 is 10.1 Å². The van der Waals surface area contributed by atoms with Gasteiger partial charge in [-0.05, 0) is 50.6 Å². The van der Waals surface area contributed by atoms with Crippen LogP contribution in [0.25, 0.3) is 5.69 Å². The third-order valence-corrected chi connectivity index (χ3v) is 6.18.